The topological polar surface area (TPSA) is 89.6 Å². The number of ether oxygens (including phenoxy) is 1. The number of hydrogen-bond donors (Lipinski definition) is 2. The number of carbonyl (C=O) groups is 2. The van der Waals surface area contributed by atoms with Crippen LogP contribution < -0.4 is 5.73 Å². The third-order valence-corrected chi connectivity index (χ3v) is 11.6. The van der Waals surface area contributed by atoms with Gasteiger partial charge in [0.05, 0.1) is 6.10 Å². The first kappa shape index (κ1) is 27.6. The van der Waals surface area contributed by atoms with Crippen LogP contribution in [0.4, 0.5) is 0 Å². The van der Waals surface area contributed by atoms with Crippen molar-refractivity contribution >= 4 is 11.8 Å². The van der Waals surface area contributed by atoms with E-state index in [-0.39, 0.29) is 58.1 Å². The molecule has 4 aliphatic rings. The Balaban J connectivity index is 1.85. The van der Waals surface area contributed by atoms with Crippen LogP contribution in [0.3, 0.4) is 0 Å². The summed E-state index contributed by atoms with van der Waals surface area (Å²) >= 11 is 0. The highest BCUT2D eigenvalue weighted by molar-refractivity contribution is 5.94. The van der Waals surface area contributed by atoms with Gasteiger partial charge in [-0.25, -0.2) is 0 Å². The van der Waals surface area contributed by atoms with Crippen LogP contribution in [0.15, 0.2) is 22.8 Å². The van der Waals surface area contributed by atoms with E-state index in [2.05, 4.69) is 33.8 Å². The second kappa shape index (κ2) is 9.38. The second-order valence-corrected chi connectivity index (χ2v) is 13.7. The lowest BCUT2D eigenvalue weighted by Gasteiger charge is -2.69. The largest absolute Gasteiger partial charge is 0.458 e. The highest BCUT2D eigenvalue weighted by Crippen LogP contribution is 2.74. The lowest BCUT2D eigenvalue weighted by Crippen LogP contribution is -2.67. The second-order valence-electron chi connectivity index (χ2n) is 13.7. The molecule has 4 saturated carbocycles. The lowest BCUT2D eigenvalue weighted by molar-refractivity contribution is -0.204. The van der Waals surface area contributed by atoms with Crippen LogP contribution in [-0.4, -0.2) is 35.1 Å². The Labute approximate surface area is 218 Å². The quantitative estimate of drug-likeness (QED) is 0.292. The van der Waals surface area contributed by atoms with Crippen molar-refractivity contribution in [3.63, 3.8) is 0 Å². The Morgan fingerprint density at radius 2 is 1.75 bits per heavy atom. The fourth-order valence-corrected chi connectivity index (χ4v) is 9.81. The molecule has 0 aromatic heterocycles. The number of esters is 1. The molecular formula is C31H49NO4. The van der Waals surface area contributed by atoms with E-state index in [0.29, 0.717) is 18.3 Å². The highest BCUT2D eigenvalue weighted by atomic mass is 16.5. The van der Waals surface area contributed by atoms with Gasteiger partial charge >= 0.3 is 5.97 Å². The Hall–Kier alpha value is -1.46. The van der Waals surface area contributed by atoms with E-state index in [0.717, 1.165) is 49.7 Å². The SMILES string of the molecule is CC(=O)O[C@H]1C[C@@]2(C)[C@@H](C[C@@H](N)[C@H]3[C@@]4(C)CC[C@@H](O)[C@@H](C)[C@@H]4CC[C@@]32C)/C1=C(\CC=C(C)C)C(C)=O. The van der Waals surface area contributed by atoms with Gasteiger partial charge in [0.1, 0.15) is 6.10 Å². The smallest absolute Gasteiger partial charge is 0.303 e. The summed E-state index contributed by atoms with van der Waals surface area (Å²) in [4.78, 5) is 25.3. The van der Waals surface area contributed by atoms with Crippen LogP contribution in [0.5, 0.6) is 0 Å². The van der Waals surface area contributed by atoms with Crippen molar-refractivity contribution in [1.29, 1.82) is 0 Å². The van der Waals surface area contributed by atoms with Gasteiger partial charge in [0.2, 0.25) is 0 Å². The summed E-state index contributed by atoms with van der Waals surface area (Å²) in [6, 6.07) is 0.00561. The van der Waals surface area contributed by atoms with Gasteiger partial charge in [-0.05, 0) is 111 Å². The molecule has 4 aliphatic carbocycles. The Morgan fingerprint density at radius 3 is 2.33 bits per heavy atom. The molecule has 0 aromatic rings. The molecule has 0 radical (unpaired) electrons. The van der Waals surface area contributed by atoms with Gasteiger partial charge in [0.15, 0.2) is 5.78 Å². The number of ketones is 1. The zero-order valence-electron chi connectivity index (χ0n) is 23.8. The molecule has 0 aromatic carbocycles. The average molecular weight is 500 g/mol. The van der Waals surface area contributed by atoms with Crippen LogP contribution in [0.1, 0.15) is 100 Å². The minimum absolute atomic E-state index is 0.00561. The van der Waals surface area contributed by atoms with E-state index < -0.39 is 0 Å². The van der Waals surface area contributed by atoms with Crippen molar-refractivity contribution in [3.8, 4) is 0 Å². The molecule has 10 atom stereocenters. The molecule has 5 heteroatoms. The molecule has 0 saturated heterocycles. The molecule has 0 aliphatic heterocycles. The van der Waals surface area contributed by atoms with Crippen molar-refractivity contribution in [1.82, 2.24) is 0 Å². The standard InChI is InChI=1S/C31H49NO4/c1-17(2)9-10-21(19(4)33)27-23-15-24(32)28-29(6)13-12-25(35)18(3)22(29)11-14-30(28,7)31(23,8)16-26(27)36-20(5)34/h9,18,22-26,28,35H,10-16,32H2,1-8H3/b27-21-/t18-,22-,23-,24+,25+,26-,28-,29-,30-,31-/m0/s1. The van der Waals surface area contributed by atoms with Crippen molar-refractivity contribution in [2.45, 2.75) is 119 Å². The third-order valence-electron chi connectivity index (χ3n) is 11.6. The van der Waals surface area contributed by atoms with Crippen molar-refractivity contribution in [2.24, 2.45) is 45.7 Å². The van der Waals surface area contributed by atoms with Crippen molar-refractivity contribution < 1.29 is 19.4 Å². The monoisotopic (exact) mass is 499 g/mol. The minimum atomic E-state index is -0.373. The molecule has 0 spiro atoms. The van der Waals surface area contributed by atoms with Crippen molar-refractivity contribution in [2.75, 3.05) is 0 Å². The summed E-state index contributed by atoms with van der Waals surface area (Å²) in [6.45, 7) is 16.7. The van der Waals surface area contributed by atoms with Crippen LogP contribution >= 0.6 is 0 Å². The fraction of sp³-hybridized carbons (Fsp3) is 0.806. The third kappa shape index (κ3) is 4.04. The maximum Gasteiger partial charge on any atom is 0.303 e. The molecule has 5 nitrogen and oxygen atoms in total. The summed E-state index contributed by atoms with van der Waals surface area (Å²) < 4.78 is 6.00. The molecular weight excluding hydrogens is 450 g/mol. The van der Waals surface area contributed by atoms with E-state index in [4.69, 9.17) is 10.5 Å². The lowest BCUT2D eigenvalue weighted by atomic mass is 9.36. The summed E-state index contributed by atoms with van der Waals surface area (Å²) in [5.74, 6) is 0.978. The van der Waals surface area contributed by atoms with E-state index in [1.807, 2.05) is 13.8 Å². The molecule has 4 rings (SSSR count). The Bertz CT molecular complexity index is 979. The number of allylic oxidation sites excluding steroid dienone is 3. The van der Waals surface area contributed by atoms with Gasteiger partial charge in [-0.1, -0.05) is 39.3 Å². The summed E-state index contributed by atoms with van der Waals surface area (Å²) in [5.41, 5.74) is 10.1. The van der Waals surface area contributed by atoms with Gasteiger partial charge in [0, 0.05) is 18.5 Å². The van der Waals surface area contributed by atoms with E-state index >= 15 is 0 Å². The van der Waals surface area contributed by atoms with Gasteiger partial charge in [-0.3, -0.25) is 9.59 Å². The number of fused-ring (bicyclic) bond motifs is 5. The molecule has 3 N–H and O–H groups in total. The number of carbonyl (C=O) groups excluding carboxylic acids is 2. The van der Waals surface area contributed by atoms with Crippen LogP contribution in [0.2, 0.25) is 0 Å². The number of aliphatic hydroxyl groups excluding tert-OH is 1. The number of hydrogen-bond acceptors (Lipinski definition) is 5. The number of aliphatic hydroxyl groups is 1. The first-order chi connectivity index (χ1) is 16.7. The number of Topliss-reactive ketones (excluding diaryl/α,β-unsaturated/α-hetero) is 1. The highest BCUT2D eigenvalue weighted by Gasteiger charge is 2.70. The predicted octanol–water partition coefficient (Wildman–Crippen LogP) is 5.75. The molecule has 0 amide bonds. The number of nitrogens with two attached hydrogens (primary N) is 1. The normalized spacial score (nSPS) is 47.2. The first-order valence-corrected chi connectivity index (χ1v) is 14.2. The van der Waals surface area contributed by atoms with E-state index in [1.54, 1.807) is 6.92 Å². The molecule has 0 unspecified atom stereocenters. The predicted molar refractivity (Wildman–Crippen MR) is 143 cm³/mol. The minimum Gasteiger partial charge on any atom is -0.458 e. The summed E-state index contributed by atoms with van der Waals surface area (Å²) in [7, 11) is 0. The summed E-state index contributed by atoms with van der Waals surface area (Å²) in [6.07, 6.45) is 7.64. The van der Waals surface area contributed by atoms with E-state index in [1.165, 1.54) is 12.5 Å². The van der Waals surface area contributed by atoms with E-state index in [9.17, 15) is 14.7 Å². The van der Waals surface area contributed by atoms with Gasteiger partial charge < -0.3 is 15.6 Å². The Morgan fingerprint density at radius 1 is 1.08 bits per heavy atom. The first-order valence-electron chi connectivity index (χ1n) is 14.2. The van der Waals surface area contributed by atoms with Crippen LogP contribution in [0.25, 0.3) is 0 Å². The fourth-order valence-electron chi connectivity index (χ4n) is 9.81. The number of rotatable bonds is 4. The molecule has 202 valence electrons. The molecule has 4 fully saturated rings. The van der Waals surface area contributed by atoms with Gasteiger partial charge in [-0.2, -0.15) is 0 Å². The van der Waals surface area contributed by atoms with Gasteiger partial charge in [-0.15, -0.1) is 0 Å². The van der Waals surface area contributed by atoms with Crippen LogP contribution in [-0.2, 0) is 14.3 Å². The zero-order chi connectivity index (χ0) is 26.8. The van der Waals surface area contributed by atoms with Crippen LogP contribution in [0, 0.1) is 39.9 Å². The maximum atomic E-state index is 13.0. The average Bonchev–Trinajstić information content (AvgIpc) is 3.03. The maximum absolute atomic E-state index is 13.0. The zero-order valence-corrected chi connectivity index (χ0v) is 23.8. The van der Waals surface area contributed by atoms with Gasteiger partial charge in [0.25, 0.3) is 0 Å². The Kier molecular flexibility index (Phi) is 7.18. The molecule has 0 heterocycles. The van der Waals surface area contributed by atoms with Crippen molar-refractivity contribution in [3.05, 3.63) is 22.8 Å². The molecule has 36 heavy (non-hydrogen) atoms. The summed E-state index contributed by atoms with van der Waals surface area (Å²) in [5, 5.41) is 10.7. The molecule has 0 bridgehead atoms.